The van der Waals surface area contributed by atoms with Gasteiger partial charge in [-0.05, 0) is 25.3 Å². The first-order valence-electron chi connectivity index (χ1n) is 4.37. The average Bonchev–Trinajstić information content (AvgIpc) is 1.91. The lowest BCUT2D eigenvalue weighted by Gasteiger charge is -2.22. The Morgan fingerprint density at radius 2 is 1.25 bits per heavy atom. The summed E-state index contributed by atoms with van der Waals surface area (Å²) in [5, 5.41) is 0. The zero-order valence-corrected chi connectivity index (χ0v) is 8.56. The topological polar surface area (TPSA) is 89.0 Å². The molecule has 1 saturated carbocycles. The van der Waals surface area contributed by atoms with E-state index in [1.165, 1.54) is 32.7 Å². The number of nitrogens with two attached hydrogens (primary N) is 1. The second-order valence-electron chi connectivity index (χ2n) is 3.38. The van der Waals surface area contributed by atoms with Crippen LogP contribution >= 0.6 is 0 Å². The van der Waals surface area contributed by atoms with Gasteiger partial charge in [-0.2, -0.15) is 0 Å². The van der Waals surface area contributed by atoms with Gasteiger partial charge in [-0.3, -0.25) is 0 Å². The van der Waals surface area contributed by atoms with Crippen molar-refractivity contribution in [2.24, 2.45) is 17.6 Å². The van der Waals surface area contributed by atoms with Crippen LogP contribution in [0.1, 0.15) is 39.5 Å². The molecule has 0 spiro atoms. The fraction of sp³-hybridized carbons (Fsp3) is 1.00. The fourth-order valence-corrected chi connectivity index (χ4v) is 1.74. The van der Waals surface area contributed by atoms with Gasteiger partial charge in [0, 0.05) is 0 Å². The van der Waals surface area contributed by atoms with Crippen molar-refractivity contribution in [3.05, 3.63) is 0 Å². The molecule has 78 valence electrons. The molecule has 0 aromatic rings. The minimum atomic E-state index is 0. The molecule has 3 heteroatoms. The monoisotopic (exact) mass is 179 g/mol. The second kappa shape index (κ2) is 10.9. The zero-order valence-electron chi connectivity index (χ0n) is 8.56. The molecule has 1 rings (SSSR count). The Labute approximate surface area is 76.0 Å². The first kappa shape index (κ1) is 17.8. The molecule has 3 nitrogen and oxygen atoms in total. The van der Waals surface area contributed by atoms with Gasteiger partial charge < -0.3 is 16.7 Å². The molecule has 0 bridgehead atoms. The predicted molar refractivity (Wildman–Crippen MR) is 54.1 cm³/mol. The number of rotatable bonds is 0. The van der Waals surface area contributed by atoms with Gasteiger partial charge in [0.1, 0.15) is 0 Å². The summed E-state index contributed by atoms with van der Waals surface area (Å²) in [6, 6.07) is 0. The van der Waals surface area contributed by atoms with E-state index in [0.717, 1.165) is 11.8 Å². The third kappa shape index (κ3) is 7.98. The molecule has 2 atom stereocenters. The maximum Gasteiger partial charge on any atom is -0.0195 e. The summed E-state index contributed by atoms with van der Waals surface area (Å²) in [4.78, 5) is 0. The minimum Gasteiger partial charge on any atom is -0.412 e. The lowest BCUT2D eigenvalue weighted by atomic mass is 9.84. The first-order chi connectivity index (χ1) is 4.79. The van der Waals surface area contributed by atoms with Crippen molar-refractivity contribution in [3.63, 3.8) is 0 Å². The van der Waals surface area contributed by atoms with Gasteiger partial charge in [0.25, 0.3) is 0 Å². The van der Waals surface area contributed by atoms with Crippen LogP contribution in [0.4, 0.5) is 0 Å². The van der Waals surface area contributed by atoms with Gasteiger partial charge in [-0.1, -0.05) is 33.1 Å². The standard InChI is InChI=1S/C8H16.CH5N.2H2O/c1-7-4-3-5-8(2)6-7;1-2;;/h7-8H,3-6H2,1-2H3;2H2,1H3;2*1H2/t7-,8+;;;. The molecule has 6 N–H and O–H groups in total. The molecule has 0 amide bonds. The van der Waals surface area contributed by atoms with Crippen LogP contribution in [0.3, 0.4) is 0 Å². The lowest BCUT2D eigenvalue weighted by Crippen LogP contribution is -2.09. The Morgan fingerprint density at radius 3 is 1.42 bits per heavy atom. The summed E-state index contributed by atoms with van der Waals surface area (Å²) < 4.78 is 0. The maximum atomic E-state index is 4.50. The van der Waals surface area contributed by atoms with Gasteiger partial charge in [0.15, 0.2) is 0 Å². The predicted octanol–water partition coefficient (Wildman–Crippen LogP) is 0.758. The quantitative estimate of drug-likeness (QED) is 0.584. The molecule has 0 aromatic carbocycles. The molecule has 0 aromatic heterocycles. The van der Waals surface area contributed by atoms with Gasteiger partial charge in [0.05, 0.1) is 0 Å². The van der Waals surface area contributed by atoms with Crippen molar-refractivity contribution in [2.75, 3.05) is 7.05 Å². The van der Waals surface area contributed by atoms with Crippen molar-refractivity contribution < 1.29 is 11.0 Å². The smallest absolute Gasteiger partial charge is 0.0195 e. The highest BCUT2D eigenvalue weighted by atomic mass is 16.0. The normalized spacial score (nSPS) is 27.0. The van der Waals surface area contributed by atoms with E-state index in [4.69, 9.17) is 0 Å². The zero-order chi connectivity index (χ0) is 7.98. The molecule has 0 heterocycles. The third-order valence-electron chi connectivity index (χ3n) is 2.20. The molecular formula is C9H25NO2. The fourth-order valence-electron chi connectivity index (χ4n) is 1.74. The van der Waals surface area contributed by atoms with Crippen molar-refractivity contribution in [1.29, 1.82) is 0 Å². The van der Waals surface area contributed by atoms with Gasteiger partial charge >= 0.3 is 0 Å². The van der Waals surface area contributed by atoms with Gasteiger partial charge in [0.2, 0.25) is 0 Å². The Kier molecular flexibility index (Phi) is 16.2. The maximum absolute atomic E-state index is 4.50. The summed E-state index contributed by atoms with van der Waals surface area (Å²) in [6.07, 6.45) is 5.90. The van der Waals surface area contributed by atoms with Gasteiger partial charge in [-0.25, -0.2) is 0 Å². The Balaban J connectivity index is -0.000000189. The van der Waals surface area contributed by atoms with Crippen LogP contribution in [0.15, 0.2) is 0 Å². The van der Waals surface area contributed by atoms with Crippen LogP contribution in [-0.4, -0.2) is 18.0 Å². The van der Waals surface area contributed by atoms with Crippen LogP contribution in [0.5, 0.6) is 0 Å². The largest absolute Gasteiger partial charge is 0.412 e. The lowest BCUT2D eigenvalue weighted by molar-refractivity contribution is 0.301. The highest BCUT2D eigenvalue weighted by Crippen LogP contribution is 2.27. The molecule has 1 aliphatic rings. The molecule has 0 unspecified atom stereocenters. The van der Waals surface area contributed by atoms with Crippen LogP contribution in [0.2, 0.25) is 0 Å². The highest BCUT2D eigenvalue weighted by molar-refractivity contribution is 4.66. The van der Waals surface area contributed by atoms with Gasteiger partial charge in [-0.15, -0.1) is 0 Å². The Morgan fingerprint density at radius 1 is 0.917 bits per heavy atom. The molecular weight excluding hydrogens is 154 g/mol. The molecule has 0 saturated heterocycles. The summed E-state index contributed by atoms with van der Waals surface area (Å²) in [7, 11) is 1.50. The van der Waals surface area contributed by atoms with E-state index in [1.54, 1.807) is 0 Å². The molecule has 1 fully saturated rings. The van der Waals surface area contributed by atoms with Crippen molar-refractivity contribution >= 4 is 0 Å². The van der Waals surface area contributed by atoms with E-state index in [9.17, 15) is 0 Å². The molecule has 12 heavy (non-hydrogen) atoms. The first-order valence-corrected chi connectivity index (χ1v) is 4.37. The molecule has 1 aliphatic carbocycles. The van der Waals surface area contributed by atoms with E-state index >= 15 is 0 Å². The summed E-state index contributed by atoms with van der Waals surface area (Å²) >= 11 is 0. The summed E-state index contributed by atoms with van der Waals surface area (Å²) in [5.74, 6) is 2.03. The molecule has 0 radical (unpaired) electrons. The van der Waals surface area contributed by atoms with Crippen LogP contribution in [-0.2, 0) is 0 Å². The van der Waals surface area contributed by atoms with Crippen LogP contribution in [0, 0.1) is 11.8 Å². The van der Waals surface area contributed by atoms with Crippen molar-refractivity contribution in [2.45, 2.75) is 39.5 Å². The third-order valence-corrected chi connectivity index (χ3v) is 2.20. The van der Waals surface area contributed by atoms with Crippen LogP contribution in [0.25, 0.3) is 0 Å². The van der Waals surface area contributed by atoms with Crippen molar-refractivity contribution in [3.8, 4) is 0 Å². The second-order valence-corrected chi connectivity index (χ2v) is 3.38. The van der Waals surface area contributed by atoms with E-state index in [1.807, 2.05) is 0 Å². The van der Waals surface area contributed by atoms with Crippen molar-refractivity contribution in [1.82, 2.24) is 0 Å². The minimum absolute atomic E-state index is 0. The van der Waals surface area contributed by atoms with E-state index < -0.39 is 0 Å². The Hall–Kier alpha value is -0.120. The number of hydrogen-bond acceptors (Lipinski definition) is 1. The summed E-state index contributed by atoms with van der Waals surface area (Å²) in [5.41, 5.74) is 4.50. The average molecular weight is 179 g/mol. The SMILES string of the molecule is CN.C[C@@H]1CCC[C@H](C)C1.O.O. The summed E-state index contributed by atoms with van der Waals surface area (Å²) in [6.45, 7) is 4.74. The van der Waals surface area contributed by atoms with E-state index in [0.29, 0.717) is 0 Å². The number of hydrogen-bond donors (Lipinski definition) is 1. The van der Waals surface area contributed by atoms with Crippen LogP contribution < -0.4 is 5.73 Å². The van der Waals surface area contributed by atoms with E-state index in [-0.39, 0.29) is 11.0 Å². The highest BCUT2D eigenvalue weighted by Gasteiger charge is 2.13. The van der Waals surface area contributed by atoms with E-state index in [2.05, 4.69) is 19.6 Å². The Bertz CT molecular complexity index is 70.9. The molecule has 0 aliphatic heterocycles.